The van der Waals surface area contributed by atoms with E-state index < -0.39 is 5.82 Å². The Kier molecular flexibility index (Phi) is 5.84. The Balaban J connectivity index is 1.42. The summed E-state index contributed by atoms with van der Waals surface area (Å²) in [5.41, 5.74) is 7.53. The van der Waals surface area contributed by atoms with Gasteiger partial charge in [-0.2, -0.15) is 4.98 Å². The number of fused-ring (bicyclic) bond motifs is 4. The van der Waals surface area contributed by atoms with Crippen LogP contribution in [0.15, 0.2) is 42.5 Å². The molecule has 3 aromatic carbocycles. The lowest BCUT2D eigenvalue weighted by Crippen LogP contribution is -2.58. The molecule has 3 heterocycles. The van der Waals surface area contributed by atoms with E-state index in [4.69, 9.17) is 27.3 Å². The summed E-state index contributed by atoms with van der Waals surface area (Å²) in [5.74, 6) is 1.61. The maximum absolute atomic E-state index is 16.7. The Morgan fingerprint density at radius 1 is 0.974 bits per heavy atom. The summed E-state index contributed by atoms with van der Waals surface area (Å²) in [7, 11) is 4.13. The van der Waals surface area contributed by atoms with Gasteiger partial charge in [-0.3, -0.25) is 0 Å². The van der Waals surface area contributed by atoms with E-state index >= 15 is 4.39 Å². The van der Waals surface area contributed by atoms with Gasteiger partial charge in [0.25, 0.3) is 0 Å². The van der Waals surface area contributed by atoms with E-state index in [0.717, 1.165) is 55.6 Å². The number of piperidine rings is 1. The zero-order chi connectivity index (χ0) is 27.0. The van der Waals surface area contributed by atoms with Crippen LogP contribution in [0.1, 0.15) is 12.8 Å². The summed E-state index contributed by atoms with van der Waals surface area (Å²) in [5, 5.41) is 13.0. The zero-order valence-corrected chi connectivity index (χ0v) is 22.9. The van der Waals surface area contributed by atoms with E-state index in [9.17, 15) is 5.11 Å². The smallest absolute Gasteiger partial charge is 0.228 e. The molecule has 2 bridgehead atoms. The topological polar surface area (TPSA) is 81.8 Å². The van der Waals surface area contributed by atoms with E-state index in [1.54, 1.807) is 18.2 Å². The van der Waals surface area contributed by atoms with E-state index in [1.165, 1.54) is 0 Å². The standard InChI is InChI=1S/C30H32ClFN6O/c1-36(2)19-14-38(15-19)30-34-28-23(29(35-30)37-12-17-7-8-18(13-37)27(17)33)11-24(31)25(26(28)32)22-10-20(39)9-16-5-3-4-6-21(16)22/h3-6,9-11,17-19,27,39H,7-8,12-15,33H2,1-2H3/t17-,18+,27-. The highest BCUT2D eigenvalue weighted by molar-refractivity contribution is 6.35. The molecule has 2 aliphatic heterocycles. The van der Waals surface area contributed by atoms with Crippen LogP contribution in [-0.2, 0) is 0 Å². The van der Waals surface area contributed by atoms with Gasteiger partial charge in [0.2, 0.25) is 5.95 Å². The van der Waals surface area contributed by atoms with Gasteiger partial charge in [0, 0.05) is 49.2 Å². The van der Waals surface area contributed by atoms with Crippen LogP contribution in [-0.4, -0.2) is 72.3 Å². The minimum absolute atomic E-state index is 0.0544. The lowest BCUT2D eigenvalue weighted by Gasteiger charge is -2.43. The highest BCUT2D eigenvalue weighted by atomic mass is 35.5. The molecule has 2 saturated heterocycles. The van der Waals surface area contributed by atoms with Crippen LogP contribution in [0.2, 0.25) is 5.02 Å². The first-order chi connectivity index (χ1) is 18.8. The maximum Gasteiger partial charge on any atom is 0.228 e. The molecule has 3 fully saturated rings. The SMILES string of the molecule is CN(C)C1CN(c2nc(N3C[C@H]4CC[C@@H](C3)[C@@H]4N)c3cc(Cl)c(-c4cc(O)cc5ccccc45)c(F)c3n2)C1. The Morgan fingerprint density at radius 2 is 1.69 bits per heavy atom. The Morgan fingerprint density at radius 3 is 2.41 bits per heavy atom. The number of hydrogen-bond acceptors (Lipinski definition) is 7. The van der Waals surface area contributed by atoms with Crippen molar-refractivity contribution >= 4 is 45.0 Å². The summed E-state index contributed by atoms with van der Waals surface area (Å²) < 4.78 is 16.7. The molecule has 0 amide bonds. The van der Waals surface area contributed by atoms with Crippen molar-refractivity contribution in [1.29, 1.82) is 0 Å². The third-order valence-electron chi connectivity index (χ3n) is 9.05. The first-order valence-corrected chi connectivity index (χ1v) is 14.0. The second-order valence-electron chi connectivity index (χ2n) is 11.6. The van der Waals surface area contributed by atoms with Gasteiger partial charge in [0.1, 0.15) is 17.1 Å². The molecule has 3 atom stereocenters. The number of benzene rings is 3. The van der Waals surface area contributed by atoms with Gasteiger partial charge in [0.15, 0.2) is 5.82 Å². The number of aromatic nitrogens is 2. The normalized spacial score (nSPS) is 23.3. The van der Waals surface area contributed by atoms with E-state index in [1.807, 2.05) is 24.3 Å². The fourth-order valence-electron chi connectivity index (χ4n) is 6.68. The summed E-state index contributed by atoms with van der Waals surface area (Å²) >= 11 is 6.86. The minimum Gasteiger partial charge on any atom is -0.508 e. The number of nitrogens with zero attached hydrogens (tertiary/aromatic N) is 5. The molecule has 7 nitrogen and oxygen atoms in total. The average Bonchev–Trinajstić information content (AvgIpc) is 3.07. The molecule has 1 aromatic heterocycles. The van der Waals surface area contributed by atoms with Gasteiger partial charge in [-0.25, -0.2) is 9.37 Å². The highest BCUT2D eigenvalue weighted by Gasteiger charge is 2.41. The van der Waals surface area contributed by atoms with Crippen LogP contribution in [0.5, 0.6) is 5.75 Å². The van der Waals surface area contributed by atoms with E-state index in [-0.39, 0.29) is 27.9 Å². The van der Waals surface area contributed by atoms with Crippen molar-refractivity contribution in [3.05, 3.63) is 53.3 Å². The molecule has 3 N–H and O–H groups in total. The average molecular weight is 547 g/mol. The molecule has 3 aliphatic rings. The van der Waals surface area contributed by atoms with Crippen molar-refractivity contribution in [2.75, 3.05) is 50.1 Å². The number of nitrogens with two attached hydrogens (primary N) is 1. The van der Waals surface area contributed by atoms with Crippen LogP contribution >= 0.6 is 11.6 Å². The van der Waals surface area contributed by atoms with Gasteiger partial charge >= 0.3 is 0 Å². The summed E-state index contributed by atoms with van der Waals surface area (Å²) in [6.07, 6.45) is 2.22. The molecule has 0 radical (unpaired) electrons. The lowest BCUT2D eigenvalue weighted by molar-refractivity contribution is 0.245. The molecular formula is C30H32ClFN6O. The van der Waals surface area contributed by atoms with Crippen LogP contribution in [0.4, 0.5) is 16.2 Å². The van der Waals surface area contributed by atoms with Crippen molar-refractivity contribution in [1.82, 2.24) is 14.9 Å². The van der Waals surface area contributed by atoms with Crippen LogP contribution in [0, 0.1) is 17.7 Å². The Labute approximate surface area is 232 Å². The summed E-state index contributed by atoms with van der Waals surface area (Å²) in [6, 6.07) is 13.2. The fourth-order valence-corrected chi connectivity index (χ4v) is 6.98. The van der Waals surface area contributed by atoms with Gasteiger partial charge in [0.05, 0.1) is 5.02 Å². The number of likely N-dealkylation sites (N-methyl/N-ethyl adjacent to an activating group) is 1. The largest absolute Gasteiger partial charge is 0.508 e. The van der Waals surface area contributed by atoms with Crippen molar-refractivity contribution in [2.45, 2.75) is 24.9 Å². The van der Waals surface area contributed by atoms with Gasteiger partial charge in [-0.15, -0.1) is 0 Å². The zero-order valence-electron chi connectivity index (χ0n) is 22.1. The third-order valence-corrected chi connectivity index (χ3v) is 9.35. The maximum atomic E-state index is 16.7. The molecule has 202 valence electrons. The minimum atomic E-state index is -0.500. The number of hydrogen-bond donors (Lipinski definition) is 2. The van der Waals surface area contributed by atoms with E-state index in [0.29, 0.717) is 34.8 Å². The first-order valence-electron chi connectivity index (χ1n) is 13.6. The molecule has 9 heteroatoms. The van der Waals surface area contributed by atoms with E-state index in [2.05, 4.69) is 28.8 Å². The van der Waals surface area contributed by atoms with Crippen LogP contribution < -0.4 is 15.5 Å². The highest BCUT2D eigenvalue weighted by Crippen LogP contribution is 2.44. The molecule has 1 aliphatic carbocycles. The quantitative estimate of drug-likeness (QED) is 0.378. The van der Waals surface area contributed by atoms with Crippen molar-refractivity contribution in [3.63, 3.8) is 0 Å². The molecule has 7 rings (SSSR count). The van der Waals surface area contributed by atoms with Crippen molar-refractivity contribution < 1.29 is 9.50 Å². The number of aromatic hydroxyl groups is 1. The first kappa shape index (κ1) is 24.8. The second-order valence-corrected chi connectivity index (χ2v) is 12.0. The Bertz CT molecular complexity index is 1590. The molecule has 39 heavy (non-hydrogen) atoms. The number of phenolic OH excluding ortho intramolecular Hbond substituents is 1. The predicted molar refractivity (Wildman–Crippen MR) is 155 cm³/mol. The monoisotopic (exact) mass is 546 g/mol. The number of anilines is 2. The second kappa shape index (κ2) is 9.18. The van der Waals surface area contributed by atoms with Crippen LogP contribution in [0.3, 0.4) is 0 Å². The third kappa shape index (κ3) is 4.00. The molecule has 0 spiro atoms. The fraction of sp³-hybridized carbons (Fsp3) is 0.400. The van der Waals surface area contributed by atoms with Gasteiger partial charge in [-0.1, -0.05) is 35.9 Å². The molecule has 4 aromatic rings. The number of halogens is 2. The molecule has 1 saturated carbocycles. The Hall–Kier alpha value is -3.20. The van der Waals surface area contributed by atoms with Gasteiger partial charge < -0.3 is 25.5 Å². The lowest BCUT2D eigenvalue weighted by atomic mass is 9.92. The van der Waals surface area contributed by atoms with Gasteiger partial charge in [-0.05, 0) is 73.3 Å². The predicted octanol–water partition coefficient (Wildman–Crippen LogP) is 4.87. The van der Waals surface area contributed by atoms with Crippen LogP contribution in [0.25, 0.3) is 32.8 Å². The summed E-state index contributed by atoms with van der Waals surface area (Å²) in [4.78, 5) is 16.4. The number of rotatable bonds is 4. The van der Waals surface area contributed by atoms with Crippen molar-refractivity contribution in [3.8, 4) is 16.9 Å². The van der Waals surface area contributed by atoms with Crippen molar-refractivity contribution in [2.24, 2.45) is 17.6 Å². The molecule has 0 unspecified atom stereocenters. The number of phenols is 1. The molecular weight excluding hydrogens is 515 g/mol. The summed E-state index contributed by atoms with van der Waals surface area (Å²) in [6.45, 7) is 3.16.